The molecular formula is C21H22N2O2S. The van der Waals surface area contributed by atoms with Gasteiger partial charge in [-0.15, -0.1) is 0 Å². The lowest BCUT2D eigenvalue weighted by Gasteiger charge is -2.44. The van der Waals surface area contributed by atoms with Gasteiger partial charge in [0.25, 0.3) is 0 Å². The van der Waals surface area contributed by atoms with Crippen molar-refractivity contribution in [3.63, 3.8) is 0 Å². The van der Waals surface area contributed by atoms with E-state index in [9.17, 15) is 9.47 Å². The number of nitriles is 1. The number of benzene rings is 2. The Kier molecular flexibility index (Phi) is 5.26. The number of hydrogen-bond donors (Lipinski definition) is 0. The lowest BCUT2D eigenvalue weighted by Crippen LogP contribution is -2.49. The molecule has 0 saturated carbocycles. The molecular weight excluding hydrogens is 344 g/mol. The molecule has 1 aliphatic rings. The molecule has 1 heterocycles. The zero-order valence-corrected chi connectivity index (χ0v) is 16.0. The topological polar surface area (TPSA) is 53.3 Å². The van der Waals surface area contributed by atoms with Gasteiger partial charge in [-0.1, -0.05) is 48.0 Å². The van der Waals surface area contributed by atoms with Crippen LogP contribution < -0.4 is 0 Å². The van der Waals surface area contributed by atoms with Crippen molar-refractivity contribution >= 4 is 11.0 Å². The van der Waals surface area contributed by atoms with Crippen molar-refractivity contribution < 1.29 is 8.95 Å². The van der Waals surface area contributed by atoms with E-state index < -0.39 is 16.7 Å². The van der Waals surface area contributed by atoms with Crippen LogP contribution in [0.2, 0.25) is 0 Å². The fourth-order valence-corrected chi connectivity index (χ4v) is 4.49. The van der Waals surface area contributed by atoms with Gasteiger partial charge < -0.3 is 4.74 Å². The number of methoxy groups -OCH3 is 1. The number of rotatable bonds is 4. The molecule has 0 aromatic heterocycles. The van der Waals surface area contributed by atoms with Gasteiger partial charge in [0, 0.05) is 25.6 Å². The molecule has 3 rings (SSSR count). The average molecular weight is 366 g/mol. The second-order valence-corrected chi connectivity index (χ2v) is 7.99. The molecule has 0 bridgehead atoms. The first-order valence-electron chi connectivity index (χ1n) is 8.48. The van der Waals surface area contributed by atoms with Crippen LogP contribution in [0.3, 0.4) is 0 Å². The zero-order chi connectivity index (χ0) is 18.7. The van der Waals surface area contributed by atoms with E-state index in [1.807, 2.05) is 68.4 Å². The number of aryl methyl sites for hydroxylation is 1. The van der Waals surface area contributed by atoms with Crippen molar-refractivity contribution in [1.82, 2.24) is 4.31 Å². The predicted octanol–water partition coefficient (Wildman–Crippen LogP) is 4.28. The molecule has 0 N–H and O–H groups in total. The van der Waals surface area contributed by atoms with Crippen LogP contribution >= 0.6 is 0 Å². The minimum atomic E-state index is -1.46. The van der Waals surface area contributed by atoms with E-state index in [1.165, 1.54) is 0 Å². The molecule has 26 heavy (non-hydrogen) atoms. The molecule has 3 atom stereocenters. The van der Waals surface area contributed by atoms with Crippen LogP contribution in [0.4, 0.5) is 0 Å². The summed E-state index contributed by atoms with van der Waals surface area (Å²) in [5.41, 5.74) is 1.98. The van der Waals surface area contributed by atoms with E-state index in [2.05, 4.69) is 6.07 Å². The third-order valence-corrected chi connectivity index (χ3v) is 6.38. The molecule has 134 valence electrons. The minimum Gasteiger partial charge on any atom is -0.358 e. The fourth-order valence-electron chi connectivity index (χ4n) is 3.19. The van der Waals surface area contributed by atoms with E-state index in [0.717, 1.165) is 11.1 Å². The van der Waals surface area contributed by atoms with E-state index in [-0.39, 0.29) is 5.92 Å². The van der Waals surface area contributed by atoms with Gasteiger partial charge in [-0.05, 0) is 31.5 Å². The summed E-state index contributed by atoms with van der Waals surface area (Å²) in [5, 5.41) is 9.69. The van der Waals surface area contributed by atoms with Crippen LogP contribution in [0.15, 0.2) is 71.3 Å². The predicted molar refractivity (Wildman–Crippen MR) is 102 cm³/mol. The summed E-state index contributed by atoms with van der Waals surface area (Å²) in [7, 11) is 0.157. The van der Waals surface area contributed by atoms with Gasteiger partial charge in [-0.2, -0.15) is 5.26 Å². The molecule has 0 saturated heterocycles. The molecule has 0 fully saturated rings. The quantitative estimate of drug-likeness (QED) is 0.812. The van der Waals surface area contributed by atoms with Crippen molar-refractivity contribution in [1.29, 1.82) is 5.26 Å². The summed E-state index contributed by atoms with van der Waals surface area (Å²) >= 11 is 0. The highest BCUT2D eigenvalue weighted by atomic mass is 32.2. The maximum absolute atomic E-state index is 13.2. The van der Waals surface area contributed by atoms with E-state index in [1.54, 1.807) is 17.6 Å². The van der Waals surface area contributed by atoms with Crippen LogP contribution in [-0.4, -0.2) is 21.3 Å². The van der Waals surface area contributed by atoms with Gasteiger partial charge in [-0.3, -0.25) is 4.31 Å². The highest BCUT2D eigenvalue weighted by molar-refractivity contribution is 7.82. The van der Waals surface area contributed by atoms with E-state index in [0.29, 0.717) is 16.9 Å². The summed E-state index contributed by atoms with van der Waals surface area (Å²) in [6.45, 7) is 3.91. The first-order valence-corrected chi connectivity index (χ1v) is 9.59. The monoisotopic (exact) mass is 366 g/mol. The first-order chi connectivity index (χ1) is 12.5. The fraction of sp³-hybridized carbons (Fsp3) is 0.286. The Morgan fingerprint density at radius 2 is 1.85 bits per heavy atom. The molecule has 0 radical (unpaired) electrons. The molecule has 0 spiro atoms. The molecule has 0 amide bonds. The van der Waals surface area contributed by atoms with Crippen molar-refractivity contribution in [2.45, 2.75) is 36.8 Å². The molecule has 1 aliphatic heterocycles. The molecule has 4 nitrogen and oxygen atoms in total. The Balaban J connectivity index is 2.03. The van der Waals surface area contributed by atoms with Crippen LogP contribution in [-0.2, 0) is 15.7 Å². The Hall–Kier alpha value is -2.42. The van der Waals surface area contributed by atoms with Crippen LogP contribution in [0.5, 0.6) is 0 Å². The number of hydrogen-bond acceptors (Lipinski definition) is 3. The third-order valence-electron chi connectivity index (χ3n) is 4.85. The second kappa shape index (κ2) is 7.45. The Morgan fingerprint density at radius 1 is 1.19 bits per heavy atom. The zero-order valence-electron chi connectivity index (χ0n) is 15.2. The normalized spacial score (nSPS) is 23.8. The Bertz CT molecular complexity index is 871. The van der Waals surface area contributed by atoms with Crippen molar-refractivity contribution in [2.24, 2.45) is 0 Å². The SMILES string of the molecule is CO[C@]1(C)C[C@H](c2ccccc2)C(C#N)=CN1[S@@](=O)c1ccc(C)cc1. The minimum absolute atomic E-state index is 0.0857. The lowest BCUT2D eigenvalue weighted by molar-refractivity contribution is -0.0748. The van der Waals surface area contributed by atoms with Gasteiger partial charge in [0.1, 0.15) is 0 Å². The van der Waals surface area contributed by atoms with Gasteiger partial charge in [0.05, 0.1) is 16.5 Å². The second-order valence-electron chi connectivity index (χ2n) is 6.63. The highest BCUT2D eigenvalue weighted by Crippen LogP contribution is 2.42. The molecule has 2 aromatic carbocycles. The first kappa shape index (κ1) is 18.4. The number of ether oxygens (including phenoxy) is 1. The molecule has 0 unspecified atom stereocenters. The van der Waals surface area contributed by atoms with Crippen molar-refractivity contribution in [2.75, 3.05) is 7.11 Å². The Labute approximate surface area is 157 Å². The molecule has 0 aliphatic carbocycles. The standard InChI is InChI=1S/C21H22N2O2S/c1-16-9-11-19(12-10-16)26(24)23-15-18(14-22)20(13-21(23,2)25-3)17-7-5-4-6-8-17/h4-12,15,20H,13H2,1-3H3/t20-,21-,26+/m1/s1. The summed E-state index contributed by atoms with van der Waals surface area (Å²) in [5.74, 6) is -0.0857. The Morgan fingerprint density at radius 3 is 2.42 bits per heavy atom. The number of allylic oxidation sites excluding steroid dienone is 1. The van der Waals surface area contributed by atoms with Crippen LogP contribution in [0, 0.1) is 18.3 Å². The maximum Gasteiger partial charge on any atom is 0.154 e. The van der Waals surface area contributed by atoms with Crippen LogP contribution in [0.25, 0.3) is 0 Å². The number of nitrogens with zero attached hydrogens (tertiary/aromatic N) is 2. The van der Waals surface area contributed by atoms with Gasteiger partial charge in [-0.25, -0.2) is 4.21 Å². The lowest BCUT2D eigenvalue weighted by atomic mass is 9.83. The van der Waals surface area contributed by atoms with Gasteiger partial charge in [0.15, 0.2) is 16.7 Å². The third kappa shape index (κ3) is 3.44. The average Bonchev–Trinajstić information content (AvgIpc) is 2.68. The summed E-state index contributed by atoms with van der Waals surface area (Å²) in [6, 6.07) is 19.8. The largest absolute Gasteiger partial charge is 0.358 e. The molecule has 2 aromatic rings. The van der Waals surface area contributed by atoms with Gasteiger partial charge in [0.2, 0.25) is 0 Å². The van der Waals surface area contributed by atoms with Crippen molar-refractivity contribution in [3.8, 4) is 6.07 Å². The van der Waals surface area contributed by atoms with E-state index >= 15 is 0 Å². The summed E-state index contributed by atoms with van der Waals surface area (Å²) in [6.07, 6.45) is 2.24. The maximum atomic E-state index is 13.2. The van der Waals surface area contributed by atoms with Crippen molar-refractivity contribution in [3.05, 3.63) is 77.5 Å². The van der Waals surface area contributed by atoms with Crippen LogP contribution in [0.1, 0.15) is 30.4 Å². The van der Waals surface area contributed by atoms with Gasteiger partial charge >= 0.3 is 0 Å². The smallest absolute Gasteiger partial charge is 0.154 e. The molecule has 5 heteroatoms. The highest BCUT2D eigenvalue weighted by Gasteiger charge is 2.42. The summed E-state index contributed by atoms with van der Waals surface area (Å²) < 4.78 is 20.6. The summed E-state index contributed by atoms with van der Waals surface area (Å²) in [4.78, 5) is 0.686. The van der Waals surface area contributed by atoms with E-state index in [4.69, 9.17) is 4.74 Å².